The van der Waals surface area contributed by atoms with Gasteiger partial charge in [-0.15, -0.1) is 0 Å². The monoisotopic (exact) mass is 290 g/mol. The SMILES string of the molecule is CS(=O)(=O)Nc1cc(NC(=O)CCCO)ccc1F. The van der Waals surface area contributed by atoms with Crippen LogP contribution in [0.25, 0.3) is 0 Å². The van der Waals surface area contributed by atoms with Gasteiger partial charge in [-0.25, -0.2) is 12.8 Å². The van der Waals surface area contributed by atoms with Crippen molar-refractivity contribution in [3.63, 3.8) is 0 Å². The van der Waals surface area contributed by atoms with Crippen LogP contribution in [-0.2, 0) is 14.8 Å². The van der Waals surface area contributed by atoms with Crippen molar-refractivity contribution in [2.75, 3.05) is 22.9 Å². The number of benzene rings is 1. The van der Waals surface area contributed by atoms with Crippen molar-refractivity contribution in [2.45, 2.75) is 12.8 Å². The third-order valence-electron chi connectivity index (χ3n) is 2.11. The maximum absolute atomic E-state index is 13.4. The molecule has 1 aromatic carbocycles. The van der Waals surface area contributed by atoms with Crippen LogP contribution in [0.1, 0.15) is 12.8 Å². The number of hydrogen-bond donors (Lipinski definition) is 3. The fourth-order valence-electron chi connectivity index (χ4n) is 1.34. The Hall–Kier alpha value is -1.67. The minimum absolute atomic E-state index is 0.0995. The summed E-state index contributed by atoms with van der Waals surface area (Å²) in [6, 6.07) is 3.56. The Labute approximate surface area is 110 Å². The second kappa shape index (κ2) is 6.48. The third kappa shape index (κ3) is 5.66. The molecule has 0 radical (unpaired) electrons. The van der Waals surface area contributed by atoms with Gasteiger partial charge >= 0.3 is 0 Å². The lowest BCUT2D eigenvalue weighted by atomic mass is 10.2. The number of sulfonamides is 1. The molecule has 3 N–H and O–H groups in total. The Bertz CT molecular complexity index is 560. The van der Waals surface area contributed by atoms with Crippen molar-refractivity contribution in [1.29, 1.82) is 0 Å². The van der Waals surface area contributed by atoms with Crippen LogP contribution in [0.5, 0.6) is 0 Å². The molecule has 6 nitrogen and oxygen atoms in total. The quantitative estimate of drug-likeness (QED) is 0.725. The van der Waals surface area contributed by atoms with Gasteiger partial charge in [0.2, 0.25) is 15.9 Å². The highest BCUT2D eigenvalue weighted by Crippen LogP contribution is 2.20. The smallest absolute Gasteiger partial charge is 0.229 e. The molecule has 0 saturated heterocycles. The lowest BCUT2D eigenvalue weighted by molar-refractivity contribution is -0.116. The minimum Gasteiger partial charge on any atom is -0.396 e. The van der Waals surface area contributed by atoms with Crippen LogP contribution in [-0.4, -0.2) is 32.3 Å². The number of nitrogens with one attached hydrogen (secondary N) is 2. The summed E-state index contributed by atoms with van der Waals surface area (Å²) in [5.74, 6) is -1.08. The topological polar surface area (TPSA) is 95.5 Å². The average Bonchev–Trinajstić information content (AvgIpc) is 2.29. The summed E-state index contributed by atoms with van der Waals surface area (Å²) in [5, 5.41) is 11.1. The molecule has 1 rings (SSSR count). The predicted molar refractivity (Wildman–Crippen MR) is 69.8 cm³/mol. The van der Waals surface area contributed by atoms with E-state index in [2.05, 4.69) is 5.32 Å². The van der Waals surface area contributed by atoms with Crippen LogP contribution >= 0.6 is 0 Å². The van der Waals surface area contributed by atoms with Gasteiger partial charge in [0.25, 0.3) is 0 Å². The van der Waals surface area contributed by atoms with Crippen molar-refractivity contribution in [3.8, 4) is 0 Å². The standard InChI is InChI=1S/C11H15FN2O4S/c1-19(17,18)14-10-7-8(4-5-9(10)12)13-11(16)3-2-6-15/h4-5,7,14-15H,2-3,6H2,1H3,(H,13,16). The van der Waals surface area contributed by atoms with Crippen molar-refractivity contribution in [3.05, 3.63) is 24.0 Å². The van der Waals surface area contributed by atoms with Crippen LogP contribution in [0, 0.1) is 5.82 Å². The maximum Gasteiger partial charge on any atom is 0.229 e. The number of rotatable bonds is 6. The first-order valence-electron chi connectivity index (χ1n) is 5.50. The highest BCUT2D eigenvalue weighted by molar-refractivity contribution is 7.92. The van der Waals surface area contributed by atoms with E-state index in [9.17, 15) is 17.6 Å². The van der Waals surface area contributed by atoms with Crippen molar-refractivity contribution in [2.24, 2.45) is 0 Å². The second-order valence-electron chi connectivity index (χ2n) is 3.94. The first kappa shape index (κ1) is 15.4. The molecule has 0 bridgehead atoms. The zero-order valence-corrected chi connectivity index (χ0v) is 11.1. The summed E-state index contributed by atoms with van der Waals surface area (Å²) >= 11 is 0. The molecule has 0 aliphatic rings. The molecule has 1 aromatic rings. The molecule has 0 spiro atoms. The van der Waals surface area contributed by atoms with E-state index in [-0.39, 0.29) is 30.3 Å². The molecule has 0 aromatic heterocycles. The Morgan fingerprint density at radius 2 is 2.11 bits per heavy atom. The van der Waals surface area contributed by atoms with E-state index >= 15 is 0 Å². The molecule has 0 unspecified atom stereocenters. The van der Waals surface area contributed by atoms with Crippen molar-refractivity contribution >= 4 is 27.3 Å². The second-order valence-corrected chi connectivity index (χ2v) is 5.69. The molecule has 0 fully saturated rings. The normalized spacial score (nSPS) is 11.1. The minimum atomic E-state index is -3.59. The number of amides is 1. The average molecular weight is 290 g/mol. The zero-order valence-electron chi connectivity index (χ0n) is 10.3. The molecule has 1 amide bonds. The number of aliphatic hydroxyl groups excluding tert-OH is 1. The third-order valence-corrected chi connectivity index (χ3v) is 2.70. The molecular formula is C11H15FN2O4S. The van der Waals surface area contributed by atoms with Crippen molar-refractivity contribution < 1.29 is 22.7 Å². The highest BCUT2D eigenvalue weighted by Gasteiger charge is 2.10. The number of carbonyl (C=O) groups excluding carboxylic acids is 1. The fraction of sp³-hybridized carbons (Fsp3) is 0.364. The van der Waals surface area contributed by atoms with Crippen molar-refractivity contribution in [1.82, 2.24) is 0 Å². The summed E-state index contributed by atoms with van der Waals surface area (Å²) in [6.45, 7) is -0.0995. The Kier molecular flexibility index (Phi) is 5.25. The first-order chi connectivity index (χ1) is 8.81. The first-order valence-corrected chi connectivity index (χ1v) is 7.39. The molecule has 0 aliphatic carbocycles. The largest absolute Gasteiger partial charge is 0.396 e. The predicted octanol–water partition coefficient (Wildman–Crippen LogP) is 0.908. The Balaban J connectivity index is 2.81. The Morgan fingerprint density at radius 3 is 2.68 bits per heavy atom. The van der Waals surface area contributed by atoms with Gasteiger partial charge in [0, 0.05) is 18.7 Å². The molecule has 0 saturated carbocycles. The molecule has 0 heterocycles. The van der Waals surface area contributed by atoms with E-state index in [0.717, 1.165) is 12.3 Å². The van der Waals surface area contributed by atoms with E-state index in [1.807, 2.05) is 4.72 Å². The van der Waals surface area contributed by atoms with E-state index in [4.69, 9.17) is 5.11 Å². The van der Waals surface area contributed by atoms with Gasteiger partial charge in [-0.05, 0) is 24.6 Å². The van der Waals surface area contributed by atoms with Gasteiger partial charge in [0.05, 0.1) is 11.9 Å². The molecule has 0 atom stereocenters. The summed E-state index contributed by atoms with van der Waals surface area (Å²) in [4.78, 5) is 11.4. The molecular weight excluding hydrogens is 275 g/mol. The van der Waals surface area contributed by atoms with E-state index in [0.29, 0.717) is 6.42 Å². The Morgan fingerprint density at radius 1 is 1.42 bits per heavy atom. The number of aliphatic hydroxyl groups is 1. The maximum atomic E-state index is 13.4. The molecule has 106 valence electrons. The van der Waals surface area contributed by atoms with E-state index in [1.165, 1.54) is 12.1 Å². The number of anilines is 2. The van der Waals surface area contributed by atoms with E-state index in [1.54, 1.807) is 0 Å². The summed E-state index contributed by atoms with van der Waals surface area (Å²) in [6.07, 6.45) is 1.35. The van der Waals surface area contributed by atoms with Crippen LogP contribution in [0.4, 0.5) is 15.8 Å². The highest BCUT2D eigenvalue weighted by atomic mass is 32.2. The van der Waals surface area contributed by atoms with E-state index < -0.39 is 15.8 Å². The summed E-state index contributed by atoms with van der Waals surface area (Å²) < 4.78 is 37.4. The van der Waals surface area contributed by atoms with Crippen LogP contribution in [0.3, 0.4) is 0 Å². The van der Waals surface area contributed by atoms with Gasteiger partial charge in [0.1, 0.15) is 5.82 Å². The fourth-order valence-corrected chi connectivity index (χ4v) is 1.90. The van der Waals surface area contributed by atoms with Gasteiger partial charge in [0.15, 0.2) is 0 Å². The number of halogens is 1. The van der Waals surface area contributed by atoms with Gasteiger partial charge in [-0.3, -0.25) is 9.52 Å². The summed E-state index contributed by atoms with van der Waals surface area (Å²) in [5.41, 5.74) is 0.0398. The van der Waals surface area contributed by atoms with Gasteiger partial charge in [-0.1, -0.05) is 0 Å². The van der Waals surface area contributed by atoms with Crippen LogP contribution in [0.15, 0.2) is 18.2 Å². The number of hydrogen-bond acceptors (Lipinski definition) is 4. The zero-order chi connectivity index (χ0) is 14.5. The van der Waals surface area contributed by atoms with Gasteiger partial charge in [-0.2, -0.15) is 0 Å². The molecule has 19 heavy (non-hydrogen) atoms. The van der Waals surface area contributed by atoms with Gasteiger partial charge < -0.3 is 10.4 Å². The van der Waals surface area contributed by atoms with Crippen LogP contribution < -0.4 is 10.0 Å². The molecule has 8 heteroatoms. The summed E-state index contributed by atoms with van der Waals surface area (Å²) in [7, 11) is -3.59. The number of carbonyl (C=O) groups is 1. The lowest BCUT2D eigenvalue weighted by Gasteiger charge is -2.09. The van der Waals surface area contributed by atoms with Crippen LogP contribution in [0.2, 0.25) is 0 Å². The lowest BCUT2D eigenvalue weighted by Crippen LogP contribution is -2.14. The molecule has 0 aliphatic heterocycles.